The minimum atomic E-state index is -0.598. The topological polar surface area (TPSA) is 84.0 Å². The van der Waals surface area contributed by atoms with Crippen LogP contribution in [0.4, 0.5) is 11.4 Å². The molecule has 1 aliphatic carbocycles. The third-order valence-corrected chi connectivity index (χ3v) is 7.61. The zero-order chi connectivity index (χ0) is 24.0. The van der Waals surface area contributed by atoms with Gasteiger partial charge in [-0.2, -0.15) is 0 Å². The number of benzene rings is 2. The van der Waals surface area contributed by atoms with Crippen LogP contribution in [0.15, 0.2) is 53.0 Å². The van der Waals surface area contributed by atoms with Gasteiger partial charge in [0.2, 0.25) is 17.7 Å². The highest BCUT2D eigenvalue weighted by molar-refractivity contribution is 9.10. The number of ether oxygens (including phenoxy) is 1. The van der Waals surface area contributed by atoms with Crippen molar-refractivity contribution in [2.24, 2.45) is 23.7 Å². The Morgan fingerprint density at radius 3 is 2.47 bits per heavy atom. The molecule has 0 radical (unpaired) electrons. The molecule has 0 bridgehead atoms. The molecule has 0 aromatic heterocycles. The lowest BCUT2D eigenvalue weighted by Crippen LogP contribution is -2.31. The molecule has 5 rings (SSSR count). The van der Waals surface area contributed by atoms with Crippen LogP contribution in [0.25, 0.3) is 0 Å². The summed E-state index contributed by atoms with van der Waals surface area (Å²) in [7, 11) is 0. The van der Waals surface area contributed by atoms with Crippen molar-refractivity contribution < 1.29 is 23.9 Å². The summed E-state index contributed by atoms with van der Waals surface area (Å²) in [6, 6.07) is 13.8. The Hall–Kier alpha value is -3.00. The Bertz CT molecular complexity index is 1160. The van der Waals surface area contributed by atoms with Crippen molar-refractivity contribution in [3.63, 3.8) is 0 Å². The third kappa shape index (κ3) is 4.15. The van der Waals surface area contributed by atoms with Crippen LogP contribution in [0.2, 0.25) is 0 Å². The summed E-state index contributed by atoms with van der Waals surface area (Å²) in [6.45, 7) is 2.35. The first-order chi connectivity index (χ1) is 16.3. The number of nitrogens with zero attached hydrogens (tertiary/aromatic N) is 2. The number of anilines is 2. The number of imide groups is 1. The number of rotatable bonds is 4. The second-order valence-electron chi connectivity index (χ2n) is 9.44. The smallest absolute Gasteiger partial charge is 0.316 e. The Kier molecular flexibility index (Phi) is 6.02. The van der Waals surface area contributed by atoms with Crippen molar-refractivity contribution in [3.05, 3.63) is 53.0 Å². The van der Waals surface area contributed by atoms with E-state index < -0.39 is 11.9 Å². The molecule has 2 saturated heterocycles. The SMILES string of the molecule is C[C@@H]1CC[C@@H]2C(=O)N(c3cccc(OC(=O)[C@H]4CC(=O)N(c5ccc(Br)cc5)C4)c3)C(=O)[C@@H]2C1. The maximum Gasteiger partial charge on any atom is 0.316 e. The van der Waals surface area contributed by atoms with Crippen molar-refractivity contribution in [2.45, 2.75) is 32.6 Å². The Morgan fingerprint density at radius 2 is 1.71 bits per heavy atom. The molecule has 3 aliphatic rings. The van der Waals surface area contributed by atoms with Gasteiger partial charge in [0.1, 0.15) is 5.75 Å². The van der Waals surface area contributed by atoms with Gasteiger partial charge in [0.05, 0.1) is 23.4 Å². The Labute approximate surface area is 206 Å². The normalized spacial score (nSPS) is 26.7. The van der Waals surface area contributed by atoms with E-state index in [9.17, 15) is 19.2 Å². The molecule has 3 fully saturated rings. The zero-order valence-corrected chi connectivity index (χ0v) is 20.4. The lowest BCUT2D eigenvalue weighted by molar-refractivity contribution is -0.139. The van der Waals surface area contributed by atoms with E-state index in [-0.39, 0.29) is 48.3 Å². The van der Waals surface area contributed by atoms with Crippen LogP contribution in [-0.4, -0.2) is 30.2 Å². The number of hydrogen-bond donors (Lipinski definition) is 0. The van der Waals surface area contributed by atoms with Gasteiger partial charge in [0, 0.05) is 29.2 Å². The number of carbonyl (C=O) groups excluding carboxylic acids is 4. The first kappa shape index (κ1) is 22.8. The van der Waals surface area contributed by atoms with Gasteiger partial charge in [-0.3, -0.25) is 19.2 Å². The zero-order valence-electron chi connectivity index (χ0n) is 18.8. The highest BCUT2D eigenvalue weighted by Crippen LogP contribution is 2.42. The summed E-state index contributed by atoms with van der Waals surface area (Å²) in [5.41, 5.74) is 1.15. The van der Waals surface area contributed by atoms with E-state index in [0.29, 0.717) is 11.6 Å². The van der Waals surface area contributed by atoms with Gasteiger partial charge in [-0.05, 0) is 61.6 Å². The minimum absolute atomic E-state index is 0.0687. The van der Waals surface area contributed by atoms with E-state index in [1.165, 1.54) is 4.90 Å². The number of esters is 1. The van der Waals surface area contributed by atoms with Crippen LogP contribution in [0.5, 0.6) is 5.75 Å². The number of amides is 3. The summed E-state index contributed by atoms with van der Waals surface area (Å²) in [6.07, 6.45) is 2.47. The highest BCUT2D eigenvalue weighted by Gasteiger charge is 2.50. The van der Waals surface area contributed by atoms with Crippen molar-refractivity contribution >= 4 is 51.0 Å². The van der Waals surface area contributed by atoms with Crippen molar-refractivity contribution in [2.75, 3.05) is 16.3 Å². The number of fused-ring (bicyclic) bond motifs is 1. The monoisotopic (exact) mass is 524 g/mol. The Morgan fingerprint density at radius 1 is 0.971 bits per heavy atom. The fraction of sp³-hybridized carbons (Fsp3) is 0.385. The average molecular weight is 525 g/mol. The summed E-state index contributed by atoms with van der Waals surface area (Å²) in [4.78, 5) is 54.2. The molecule has 1 saturated carbocycles. The van der Waals surface area contributed by atoms with Gasteiger partial charge in [-0.1, -0.05) is 28.9 Å². The molecule has 3 amide bonds. The molecule has 4 atom stereocenters. The van der Waals surface area contributed by atoms with Crippen LogP contribution >= 0.6 is 15.9 Å². The maximum absolute atomic E-state index is 13.0. The molecule has 2 aliphatic heterocycles. The molecular weight excluding hydrogens is 500 g/mol. The van der Waals surface area contributed by atoms with Gasteiger partial charge < -0.3 is 9.64 Å². The molecule has 0 unspecified atom stereocenters. The summed E-state index contributed by atoms with van der Waals surface area (Å²) in [5.74, 6) is -1.43. The number of hydrogen-bond acceptors (Lipinski definition) is 5. The van der Waals surface area contributed by atoms with E-state index in [0.717, 1.165) is 29.4 Å². The van der Waals surface area contributed by atoms with Gasteiger partial charge in [-0.25, -0.2) is 4.90 Å². The van der Waals surface area contributed by atoms with Crippen LogP contribution in [0.3, 0.4) is 0 Å². The Balaban J connectivity index is 1.28. The van der Waals surface area contributed by atoms with Gasteiger partial charge >= 0.3 is 5.97 Å². The summed E-state index contributed by atoms with van der Waals surface area (Å²) >= 11 is 3.38. The number of halogens is 1. The van der Waals surface area contributed by atoms with E-state index in [1.807, 2.05) is 24.3 Å². The lowest BCUT2D eigenvalue weighted by atomic mass is 9.76. The maximum atomic E-state index is 13.0. The van der Waals surface area contributed by atoms with Gasteiger partial charge in [0.15, 0.2) is 0 Å². The minimum Gasteiger partial charge on any atom is -0.426 e. The molecule has 2 heterocycles. The van der Waals surface area contributed by atoms with Crippen LogP contribution in [0, 0.1) is 23.7 Å². The predicted molar refractivity (Wildman–Crippen MR) is 129 cm³/mol. The molecule has 34 heavy (non-hydrogen) atoms. The van der Waals surface area contributed by atoms with Crippen molar-refractivity contribution in [3.8, 4) is 5.75 Å². The van der Waals surface area contributed by atoms with Gasteiger partial charge in [-0.15, -0.1) is 0 Å². The summed E-state index contributed by atoms with van der Waals surface area (Å²) in [5, 5.41) is 0. The second kappa shape index (κ2) is 8.98. The van der Waals surface area contributed by atoms with E-state index in [4.69, 9.17) is 4.74 Å². The molecule has 176 valence electrons. The second-order valence-corrected chi connectivity index (χ2v) is 10.4. The van der Waals surface area contributed by atoms with E-state index in [1.54, 1.807) is 29.2 Å². The van der Waals surface area contributed by atoms with Gasteiger partial charge in [0.25, 0.3) is 0 Å². The molecule has 0 spiro atoms. The van der Waals surface area contributed by atoms with Crippen molar-refractivity contribution in [1.29, 1.82) is 0 Å². The van der Waals surface area contributed by atoms with Crippen molar-refractivity contribution in [1.82, 2.24) is 0 Å². The van der Waals surface area contributed by atoms with Crippen LogP contribution in [-0.2, 0) is 19.2 Å². The van der Waals surface area contributed by atoms with Crippen LogP contribution in [0.1, 0.15) is 32.6 Å². The average Bonchev–Trinajstić information content (AvgIpc) is 3.32. The summed E-state index contributed by atoms with van der Waals surface area (Å²) < 4.78 is 6.49. The molecule has 2 aromatic rings. The predicted octanol–water partition coefficient (Wildman–Crippen LogP) is 4.33. The molecule has 2 aromatic carbocycles. The first-order valence-electron chi connectivity index (χ1n) is 11.6. The standard InChI is InChI=1S/C26H25BrN2O5/c1-15-5-10-21-22(11-15)25(32)29(24(21)31)19-3-2-4-20(13-19)34-26(33)16-12-23(30)28(14-16)18-8-6-17(27)7-9-18/h2-4,6-9,13,15-16,21-22H,5,10-12,14H2,1H3/t15-,16+,21+,22-/m1/s1. The third-order valence-electron chi connectivity index (χ3n) is 7.08. The fourth-order valence-electron chi connectivity index (χ4n) is 5.27. The lowest BCUT2D eigenvalue weighted by Gasteiger charge is -2.25. The van der Waals surface area contributed by atoms with E-state index >= 15 is 0 Å². The first-order valence-corrected chi connectivity index (χ1v) is 12.4. The largest absolute Gasteiger partial charge is 0.426 e. The highest BCUT2D eigenvalue weighted by atomic mass is 79.9. The quantitative estimate of drug-likeness (QED) is 0.337. The molecule has 0 N–H and O–H groups in total. The van der Waals surface area contributed by atoms with E-state index in [2.05, 4.69) is 22.9 Å². The number of carbonyl (C=O) groups is 4. The van der Waals surface area contributed by atoms with Crippen LogP contribution < -0.4 is 14.5 Å². The fourth-order valence-corrected chi connectivity index (χ4v) is 5.53. The molecule has 8 heteroatoms. The molecule has 7 nitrogen and oxygen atoms in total. The molecular formula is C26H25BrN2O5.